The van der Waals surface area contributed by atoms with Gasteiger partial charge < -0.3 is 19.5 Å². The minimum Gasteiger partial charge on any atom is -0.461 e. The van der Waals surface area contributed by atoms with E-state index in [0.717, 1.165) is 0 Å². The number of hydrogen-bond acceptors (Lipinski definition) is 9. The van der Waals surface area contributed by atoms with E-state index in [9.17, 15) is 5.11 Å². The molecule has 0 amide bonds. The molecule has 21 heavy (non-hydrogen) atoms. The van der Waals surface area contributed by atoms with Crippen molar-refractivity contribution in [1.29, 1.82) is 0 Å². The van der Waals surface area contributed by atoms with Gasteiger partial charge in [-0.1, -0.05) is 0 Å². The third-order valence-electron chi connectivity index (χ3n) is 3.04. The smallest absolute Gasteiger partial charge is 0.323 e. The predicted octanol–water partition coefficient (Wildman–Crippen LogP) is -0.470. The first-order valence-electron chi connectivity index (χ1n) is 6.92. The molecule has 9 nitrogen and oxygen atoms in total. The van der Waals surface area contributed by atoms with E-state index < -0.39 is 0 Å². The number of aliphatic hydroxyl groups is 1. The molecule has 2 rings (SSSR count). The number of hydrogen-bond donors (Lipinski definition) is 3. The number of nitrogens with one attached hydrogen (secondary N) is 1. The summed E-state index contributed by atoms with van der Waals surface area (Å²) in [6.45, 7) is 6.70. The lowest BCUT2D eigenvalue weighted by molar-refractivity contribution is -0.0108. The van der Waals surface area contributed by atoms with Gasteiger partial charge >= 0.3 is 6.01 Å². The highest BCUT2D eigenvalue weighted by atomic mass is 16.5. The van der Waals surface area contributed by atoms with E-state index in [1.165, 1.54) is 0 Å². The average Bonchev–Trinajstić information content (AvgIpc) is 2.46. The summed E-state index contributed by atoms with van der Waals surface area (Å²) in [4.78, 5) is 14.6. The van der Waals surface area contributed by atoms with Gasteiger partial charge in [0.1, 0.15) is 0 Å². The lowest BCUT2D eigenvalue weighted by Crippen LogP contribution is -2.50. The van der Waals surface area contributed by atoms with Crippen molar-refractivity contribution in [3.63, 3.8) is 0 Å². The van der Waals surface area contributed by atoms with Crippen molar-refractivity contribution < 1.29 is 14.6 Å². The Bertz CT molecular complexity index is 472. The maximum atomic E-state index is 9.25. The van der Waals surface area contributed by atoms with Gasteiger partial charge in [0.25, 0.3) is 0 Å². The van der Waals surface area contributed by atoms with E-state index in [2.05, 4.69) is 20.4 Å². The Hall–Kier alpha value is -1.71. The lowest BCUT2D eigenvalue weighted by atomic mass is 10.2. The first-order chi connectivity index (χ1) is 10.0. The number of hydrazine groups is 1. The van der Waals surface area contributed by atoms with Crippen molar-refractivity contribution in [3.8, 4) is 6.01 Å². The van der Waals surface area contributed by atoms with Gasteiger partial charge in [-0.15, -0.1) is 0 Å². The largest absolute Gasteiger partial charge is 0.461 e. The summed E-state index contributed by atoms with van der Waals surface area (Å²) in [5.41, 5.74) is 2.41. The highest BCUT2D eigenvalue weighted by molar-refractivity contribution is 5.39. The molecular formula is C12H22N6O3. The second kappa shape index (κ2) is 6.83. The van der Waals surface area contributed by atoms with Crippen LogP contribution in [0.1, 0.15) is 20.8 Å². The van der Waals surface area contributed by atoms with Gasteiger partial charge in [-0.05, 0) is 20.8 Å². The van der Waals surface area contributed by atoms with Gasteiger partial charge in [-0.3, -0.25) is 5.43 Å². The summed E-state index contributed by atoms with van der Waals surface area (Å²) < 4.78 is 11.0. The molecule has 0 saturated carbocycles. The maximum Gasteiger partial charge on any atom is 0.323 e. The van der Waals surface area contributed by atoms with E-state index in [4.69, 9.17) is 15.3 Å². The van der Waals surface area contributed by atoms with Gasteiger partial charge in [0.15, 0.2) is 0 Å². The molecule has 1 aliphatic heterocycles. The molecular weight excluding hydrogens is 276 g/mol. The zero-order valence-corrected chi connectivity index (χ0v) is 12.5. The van der Waals surface area contributed by atoms with Crippen LogP contribution in [0.25, 0.3) is 0 Å². The molecule has 118 valence electrons. The second-order valence-corrected chi connectivity index (χ2v) is 5.19. The van der Waals surface area contributed by atoms with Crippen LogP contribution in [0.4, 0.5) is 11.9 Å². The molecule has 0 aliphatic carbocycles. The first kappa shape index (κ1) is 15.7. The van der Waals surface area contributed by atoms with Crippen LogP contribution in [0.3, 0.4) is 0 Å². The Morgan fingerprint density at radius 2 is 2.24 bits per heavy atom. The van der Waals surface area contributed by atoms with Crippen molar-refractivity contribution in [2.45, 2.75) is 39.0 Å². The summed E-state index contributed by atoms with van der Waals surface area (Å²) in [6, 6.07) is 0.287. The number of aliphatic hydroxyl groups excluding tert-OH is 1. The van der Waals surface area contributed by atoms with Crippen LogP contribution in [0.15, 0.2) is 0 Å². The molecule has 4 N–H and O–H groups in total. The minimum atomic E-state index is -0.262. The topological polar surface area (TPSA) is 119 Å². The summed E-state index contributed by atoms with van der Waals surface area (Å²) in [5, 5.41) is 9.25. The standard InChI is InChI=1S/C12H22N6O3/c1-7(2)21-12-15-10(17-13)14-11(16-12)18-4-9(5-19)20-6-8(18)3/h7-9,19H,4-6,13H2,1-3H3,(H,14,15,16,17). The molecule has 2 heterocycles. The first-order valence-corrected chi connectivity index (χ1v) is 6.92. The summed E-state index contributed by atoms with van der Waals surface area (Å²) in [6.07, 6.45) is -0.320. The number of nitrogens with two attached hydrogens (primary N) is 1. The number of anilines is 2. The molecule has 1 saturated heterocycles. The van der Waals surface area contributed by atoms with E-state index in [1.54, 1.807) is 0 Å². The van der Waals surface area contributed by atoms with E-state index in [0.29, 0.717) is 19.1 Å². The fraction of sp³-hybridized carbons (Fsp3) is 0.750. The molecule has 0 aromatic carbocycles. The molecule has 2 unspecified atom stereocenters. The van der Waals surface area contributed by atoms with Gasteiger partial charge in [0, 0.05) is 6.54 Å². The van der Waals surface area contributed by atoms with Crippen LogP contribution in [0, 0.1) is 0 Å². The summed E-state index contributed by atoms with van der Waals surface area (Å²) >= 11 is 0. The van der Waals surface area contributed by atoms with Crippen molar-refractivity contribution in [1.82, 2.24) is 15.0 Å². The number of ether oxygens (including phenoxy) is 2. The maximum absolute atomic E-state index is 9.25. The molecule has 2 atom stereocenters. The van der Waals surface area contributed by atoms with Crippen LogP contribution in [-0.4, -0.2) is 58.1 Å². The van der Waals surface area contributed by atoms with E-state index in [-0.39, 0.29) is 36.8 Å². The summed E-state index contributed by atoms with van der Waals surface area (Å²) in [7, 11) is 0. The number of rotatable bonds is 5. The van der Waals surface area contributed by atoms with Crippen molar-refractivity contribution in [2.24, 2.45) is 5.84 Å². The van der Waals surface area contributed by atoms with Gasteiger partial charge in [0.05, 0.1) is 31.5 Å². The average molecular weight is 298 g/mol. The second-order valence-electron chi connectivity index (χ2n) is 5.19. The zero-order valence-electron chi connectivity index (χ0n) is 12.5. The number of nitrogens with zero attached hydrogens (tertiary/aromatic N) is 4. The van der Waals surface area contributed by atoms with Crippen LogP contribution in [0.2, 0.25) is 0 Å². The Morgan fingerprint density at radius 1 is 1.48 bits per heavy atom. The number of nitrogen functional groups attached to an aromatic ring is 1. The molecule has 1 aliphatic rings. The number of aromatic nitrogens is 3. The molecule has 1 fully saturated rings. The lowest BCUT2D eigenvalue weighted by Gasteiger charge is -2.37. The minimum absolute atomic E-state index is 0.0499. The molecule has 0 bridgehead atoms. The van der Waals surface area contributed by atoms with E-state index in [1.807, 2.05) is 25.7 Å². The Morgan fingerprint density at radius 3 is 2.86 bits per heavy atom. The molecule has 1 aromatic rings. The van der Waals surface area contributed by atoms with Crippen LogP contribution in [-0.2, 0) is 4.74 Å². The van der Waals surface area contributed by atoms with Gasteiger partial charge in [-0.2, -0.15) is 15.0 Å². The highest BCUT2D eigenvalue weighted by Crippen LogP contribution is 2.21. The molecule has 1 aromatic heterocycles. The predicted molar refractivity (Wildman–Crippen MR) is 77.0 cm³/mol. The van der Waals surface area contributed by atoms with Crippen LogP contribution >= 0.6 is 0 Å². The fourth-order valence-electron chi connectivity index (χ4n) is 2.01. The van der Waals surface area contributed by atoms with Gasteiger partial charge in [0.2, 0.25) is 11.9 Å². The fourth-order valence-corrected chi connectivity index (χ4v) is 2.01. The Kier molecular flexibility index (Phi) is 5.10. The van der Waals surface area contributed by atoms with Gasteiger partial charge in [-0.25, -0.2) is 5.84 Å². The van der Waals surface area contributed by atoms with Crippen LogP contribution in [0.5, 0.6) is 6.01 Å². The zero-order chi connectivity index (χ0) is 15.4. The number of morpholine rings is 1. The highest BCUT2D eigenvalue weighted by Gasteiger charge is 2.28. The normalized spacial score (nSPS) is 22.5. The van der Waals surface area contributed by atoms with Crippen molar-refractivity contribution in [2.75, 3.05) is 30.1 Å². The monoisotopic (exact) mass is 298 g/mol. The molecule has 0 radical (unpaired) electrons. The van der Waals surface area contributed by atoms with Crippen molar-refractivity contribution >= 4 is 11.9 Å². The van der Waals surface area contributed by atoms with E-state index >= 15 is 0 Å². The quantitative estimate of drug-likeness (QED) is 0.489. The summed E-state index contributed by atoms with van der Waals surface area (Å²) in [5.74, 6) is 6.07. The molecule has 0 spiro atoms. The van der Waals surface area contributed by atoms with Crippen molar-refractivity contribution in [3.05, 3.63) is 0 Å². The SMILES string of the molecule is CC(C)Oc1nc(NN)nc(N2CC(CO)OCC2C)n1. The third-order valence-corrected chi connectivity index (χ3v) is 3.04. The third kappa shape index (κ3) is 3.90. The van der Waals surface area contributed by atoms with Crippen LogP contribution < -0.4 is 20.9 Å². The molecule has 9 heteroatoms. The Balaban J connectivity index is 2.27. The Labute approximate surface area is 123 Å².